The van der Waals surface area contributed by atoms with Gasteiger partial charge in [-0.25, -0.2) is 4.39 Å². The normalized spacial score (nSPS) is 17.3. The van der Waals surface area contributed by atoms with Crippen molar-refractivity contribution in [2.75, 3.05) is 0 Å². The molecule has 2 heterocycles. The predicted octanol–water partition coefficient (Wildman–Crippen LogP) is 4.43. The summed E-state index contributed by atoms with van der Waals surface area (Å²) in [5.41, 5.74) is 1.29. The van der Waals surface area contributed by atoms with Crippen LogP contribution in [0.4, 0.5) is 4.39 Å². The third-order valence-electron chi connectivity index (χ3n) is 4.32. The lowest BCUT2D eigenvalue weighted by molar-refractivity contribution is -0.114. The summed E-state index contributed by atoms with van der Waals surface area (Å²) in [4.78, 5) is 16.5. The van der Waals surface area contributed by atoms with Crippen molar-refractivity contribution in [1.29, 1.82) is 5.41 Å². The first kappa shape index (κ1) is 19.1. The third-order valence-corrected chi connectivity index (χ3v) is 5.37. The average molecular weight is 408 g/mol. The minimum absolute atomic E-state index is 0.00590. The first-order valence-electron chi connectivity index (χ1n) is 9.00. The molecule has 0 saturated heterocycles. The van der Waals surface area contributed by atoms with Crippen LogP contribution < -0.4 is 4.74 Å². The van der Waals surface area contributed by atoms with Gasteiger partial charge in [0.2, 0.25) is 5.17 Å². The molecule has 0 spiro atoms. The van der Waals surface area contributed by atoms with E-state index >= 15 is 0 Å². The topological polar surface area (TPSA) is 78.1 Å². The van der Waals surface area contributed by atoms with Gasteiger partial charge in [0.1, 0.15) is 23.2 Å². The maximum Gasteiger partial charge on any atom is 0.283 e. The van der Waals surface area contributed by atoms with Crippen molar-refractivity contribution in [2.24, 2.45) is 10.1 Å². The van der Waals surface area contributed by atoms with Crippen LogP contribution in [0.5, 0.6) is 5.75 Å². The molecule has 2 aromatic carbocycles. The standard InChI is InChI=1S/C21H17FN4O2S/c1-2-18-25-26-19(23)16(20(27)24-21(26)29-18)11-13-6-5-8-15(10-13)28-12-14-7-3-4-9-17(14)22/h3-11,23H,2,12H2,1H3. The van der Waals surface area contributed by atoms with Gasteiger partial charge in [-0.2, -0.15) is 15.1 Å². The van der Waals surface area contributed by atoms with E-state index in [0.29, 0.717) is 28.5 Å². The van der Waals surface area contributed by atoms with Gasteiger partial charge in [0.05, 0.1) is 5.57 Å². The fraction of sp³-hybridized carbons (Fsp3) is 0.143. The number of ether oxygens (including phenoxy) is 1. The molecule has 0 radical (unpaired) electrons. The van der Waals surface area contributed by atoms with Crippen molar-refractivity contribution in [3.8, 4) is 5.75 Å². The molecule has 1 N–H and O–H groups in total. The highest BCUT2D eigenvalue weighted by Gasteiger charge is 2.35. The molecule has 0 unspecified atom stereocenters. The summed E-state index contributed by atoms with van der Waals surface area (Å²) in [6.45, 7) is 2.05. The number of fused-ring (bicyclic) bond motifs is 1. The highest BCUT2D eigenvalue weighted by molar-refractivity contribution is 8.26. The van der Waals surface area contributed by atoms with Crippen LogP contribution in [-0.4, -0.2) is 27.0 Å². The van der Waals surface area contributed by atoms with Crippen LogP contribution in [0.1, 0.15) is 24.5 Å². The fourth-order valence-corrected chi connectivity index (χ4v) is 3.64. The molecule has 1 amide bonds. The number of benzene rings is 2. The number of aliphatic imine (C=N–C) groups is 1. The number of nitrogens with zero attached hydrogens (tertiary/aromatic N) is 3. The van der Waals surface area contributed by atoms with E-state index in [2.05, 4.69) is 10.1 Å². The van der Waals surface area contributed by atoms with Crippen molar-refractivity contribution >= 4 is 39.8 Å². The largest absolute Gasteiger partial charge is 0.489 e. The summed E-state index contributed by atoms with van der Waals surface area (Å²) < 4.78 is 19.4. The molecule has 2 aromatic rings. The number of nitrogens with one attached hydrogen (secondary N) is 1. The average Bonchev–Trinajstić information content (AvgIpc) is 3.14. The van der Waals surface area contributed by atoms with Gasteiger partial charge < -0.3 is 4.74 Å². The maximum atomic E-state index is 13.7. The second-order valence-corrected chi connectivity index (χ2v) is 7.36. The summed E-state index contributed by atoms with van der Waals surface area (Å²) in [6.07, 6.45) is 2.30. The number of hydrogen-bond acceptors (Lipinski definition) is 5. The molecular formula is C21H17FN4O2S. The van der Waals surface area contributed by atoms with E-state index in [1.807, 2.05) is 6.92 Å². The van der Waals surface area contributed by atoms with Crippen LogP contribution >= 0.6 is 11.8 Å². The second-order valence-electron chi connectivity index (χ2n) is 6.32. The van der Waals surface area contributed by atoms with Gasteiger partial charge in [0.15, 0.2) is 5.84 Å². The number of carbonyl (C=O) groups excluding carboxylic acids is 1. The van der Waals surface area contributed by atoms with Gasteiger partial charge in [0.25, 0.3) is 5.91 Å². The number of amides is 1. The van der Waals surface area contributed by atoms with Crippen LogP contribution in [-0.2, 0) is 11.4 Å². The summed E-state index contributed by atoms with van der Waals surface area (Å²) in [7, 11) is 0. The Morgan fingerprint density at radius 1 is 1.24 bits per heavy atom. The Bertz CT molecular complexity index is 1090. The van der Waals surface area contributed by atoms with Crippen LogP contribution in [0.25, 0.3) is 6.08 Å². The Labute approximate surface area is 171 Å². The number of halogens is 1. The zero-order valence-corrected chi connectivity index (χ0v) is 16.4. The lowest BCUT2D eigenvalue weighted by Crippen LogP contribution is -2.35. The number of carbonyl (C=O) groups is 1. The molecule has 0 aliphatic carbocycles. The van der Waals surface area contributed by atoms with E-state index in [1.165, 1.54) is 22.8 Å². The van der Waals surface area contributed by atoms with Crippen LogP contribution in [0, 0.1) is 11.2 Å². The molecule has 0 bridgehead atoms. The molecular weight excluding hydrogens is 391 g/mol. The zero-order valence-electron chi connectivity index (χ0n) is 15.6. The highest BCUT2D eigenvalue weighted by Crippen LogP contribution is 2.29. The minimum atomic E-state index is -0.473. The number of hydrazone groups is 1. The van der Waals surface area contributed by atoms with E-state index in [4.69, 9.17) is 10.1 Å². The molecule has 0 saturated carbocycles. The second kappa shape index (κ2) is 8.00. The van der Waals surface area contributed by atoms with Crippen molar-refractivity contribution in [3.63, 3.8) is 0 Å². The highest BCUT2D eigenvalue weighted by atomic mass is 32.2. The molecule has 2 aliphatic rings. The van der Waals surface area contributed by atoms with Gasteiger partial charge in [-0.15, -0.1) is 0 Å². The van der Waals surface area contributed by atoms with E-state index in [9.17, 15) is 9.18 Å². The third kappa shape index (κ3) is 3.97. The summed E-state index contributed by atoms with van der Waals surface area (Å²) >= 11 is 1.30. The molecule has 0 fully saturated rings. The predicted molar refractivity (Wildman–Crippen MR) is 112 cm³/mol. The summed E-state index contributed by atoms with van der Waals surface area (Å²) in [6, 6.07) is 13.5. The first-order valence-corrected chi connectivity index (χ1v) is 9.82. The van der Waals surface area contributed by atoms with Crippen molar-refractivity contribution in [1.82, 2.24) is 5.01 Å². The van der Waals surface area contributed by atoms with Gasteiger partial charge in [-0.3, -0.25) is 10.2 Å². The Balaban J connectivity index is 1.55. The Morgan fingerprint density at radius 3 is 2.86 bits per heavy atom. The Hall–Kier alpha value is -3.26. The maximum absolute atomic E-state index is 13.7. The van der Waals surface area contributed by atoms with Gasteiger partial charge in [-0.05, 0) is 48.0 Å². The number of hydrogen-bond donors (Lipinski definition) is 1. The SMILES string of the molecule is CCC1=NN2C(=N)C(=Cc3cccc(OCc4ccccc4F)c3)C(=O)N=C2S1. The fourth-order valence-electron chi connectivity index (χ4n) is 2.81. The molecule has 146 valence electrons. The zero-order chi connectivity index (χ0) is 20.4. The molecule has 2 aliphatic heterocycles. The molecule has 8 heteroatoms. The number of rotatable bonds is 5. The van der Waals surface area contributed by atoms with E-state index in [-0.39, 0.29) is 23.8 Å². The Kier molecular flexibility index (Phi) is 5.26. The van der Waals surface area contributed by atoms with E-state index in [0.717, 1.165) is 5.04 Å². The van der Waals surface area contributed by atoms with Gasteiger partial charge in [-0.1, -0.05) is 37.3 Å². The van der Waals surface area contributed by atoms with E-state index in [1.54, 1.807) is 48.5 Å². The Morgan fingerprint density at radius 2 is 2.07 bits per heavy atom. The van der Waals surface area contributed by atoms with Gasteiger partial charge in [0, 0.05) is 5.56 Å². The summed E-state index contributed by atoms with van der Waals surface area (Å²) in [5.74, 6) is -0.270. The van der Waals surface area contributed by atoms with E-state index < -0.39 is 5.91 Å². The monoisotopic (exact) mass is 408 g/mol. The van der Waals surface area contributed by atoms with Crippen LogP contribution in [0.3, 0.4) is 0 Å². The van der Waals surface area contributed by atoms with Crippen molar-refractivity contribution < 1.29 is 13.9 Å². The van der Waals surface area contributed by atoms with Gasteiger partial charge >= 0.3 is 0 Å². The smallest absolute Gasteiger partial charge is 0.283 e. The molecule has 0 atom stereocenters. The van der Waals surface area contributed by atoms with Crippen LogP contribution in [0.2, 0.25) is 0 Å². The molecule has 0 aromatic heterocycles. The lowest BCUT2D eigenvalue weighted by Gasteiger charge is -2.20. The first-order chi connectivity index (χ1) is 14.0. The minimum Gasteiger partial charge on any atom is -0.489 e. The lowest BCUT2D eigenvalue weighted by atomic mass is 10.1. The quantitative estimate of drug-likeness (QED) is 0.742. The van der Waals surface area contributed by atoms with Crippen LogP contribution in [0.15, 0.2) is 64.2 Å². The van der Waals surface area contributed by atoms with Crippen molar-refractivity contribution in [2.45, 2.75) is 20.0 Å². The van der Waals surface area contributed by atoms with Crippen molar-refractivity contribution in [3.05, 3.63) is 71.0 Å². The number of amidine groups is 2. The molecule has 29 heavy (non-hydrogen) atoms. The summed E-state index contributed by atoms with van der Waals surface area (Å²) in [5, 5.41) is 15.3. The molecule has 4 rings (SSSR count). The molecule has 6 nitrogen and oxygen atoms in total. The number of thioether (sulfide) groups is 1.